The molecule has 8 nitrogen and oxygen atoms in total. The van der Waals surface area contributed by atoms with Gasteiger partial charge < -0.3 is 20.0 Å². The second-order valence-electron chi connectivity index (χ2n) is 8.39. The molecule has 0 saturated carbocycles. The molecular weight excluding hydrogens is 390 g/mol. The number of amides is 1. The van der Waals surface area contributed by atoms with E-state index in [1.165, 1.54) is 18.5 Å². The van der Waals surface area contributed by atoms with Crippen LogP contribution in [-0.4, -0.2) is 82.9 Å². The van der Waals surface area contributed by atoms with Crippen LogP contribution in [0.4, 0.5) is 11.5 Å². The minimum Gasteiger partial charge on any atom is -0.372 e. The topological polar surface area (TPSA) is 69.0 Å². The lowest BCUT2D eigenvalue weighted by atomic mass is 10.1. The number of nitrogens with one attached hydrogen (secondary N) is 1. The molecule has 1 N–H and O–H groups in total. The van der Waals surface area contributed by atoms with E-state index in [1.807, 2.05) is 15.5 Å². The third kappa shape index (κ3) is 4.07. The average molecular weight is 420 g/mol. The number of benzene rings is 1. The van der Waals surface area contributed by atoms with E-state index in [2.05, 4.69) is 51.4 Å². The second kappa shape index (κ2) is 8.55. The normalized spacial score (nSPS) is 17.5. The summed E-state index contributed by atoms with van der Waals surface area (Å²) >= 11 is 0. The van der Waals surface area contributed by atoms with Gasteiger partial charge in [0.15, 0.2) is 5.65 Å². The largest absolute Gasteiger partial charge is 0.372 e. The summed E-state index contributed by atoms with van der Waals surface area (Å²) in [6, 6.07) is 8.58. The number of piperazine rings is 1. The summed E-state index contributed by atoms with van der Waals surface area (Å²) in [6.07, 6.45) is 7.89. The summed E-state index contributed by atoms with van der Waals surface area (Å²) < 4.78 is 1.97. The van der Waals surface area contributed by atoms with Gasteiger partial charge in [-0.1, -0.05) is 12.1 Å². The van der Waals surface area contributed by atoms with E-state index in [1.54, 1.807) is 12.4 Å². The maximum Gasteiger partial charge on any atom is 0.242 e. The molecule has 1 amide bonds. The lowest BCUT2D eigenvalue weighted by Gasteiger charge is -2.32. The molecule has 0 bridgehead atoms. The van der Waals surface area contributed by atoms with Gasteiger partial charge >= 0.3 is 0 Å². The number of aromatic nitrogens is 3. The fourth-order valence-electron chi connectivity index (χ4n) is 4.41. The molecule has 162 valence electrons. The Morgan fingerprint density at radius 3 is 2.52 bits per heavy atom. The van der Waals surface area contributed by atoms with E-state index in [0.717, 1.165) is 62.0 Å². The van der Waals surface area contributed by atoms with Crippen LogP contribution in [-0.2, 0) is 4.79 Å². The lowest BCUT2D eigenvalue weighted by molar-refractivity contribution is -0.130. The van der Waals surface area contributed by atoms with Gasteiger partial charge in [-0.25, -0.2) is 4.98 Å². The Hall–Kier alpha value is -3.13. The predicted molar refractivity (Wildman–Crippen MR) is 122 cm³/mol. The molecule has 0 aliphatic carbocycles. The highest BCUT2D eigenvalue weighted by molar-refractivity contribution is 5.84. The van der Waals surface area contributed by atoms with Gasteiger partial charge in [-0.3, -0.25) is 14.2 Å². The zero-order chi connectivity index (χ0) is 21.2. The van der Waals surface area contributed by atoms with Crippen LogP contribution in [0.5, 0.6) is 0 Å². The van der Waals surface area contributed by atoms with Crippen molar-refractivity contribution in [1.29, 1.82) is 0 Å². The van der Waals surface area contributed by atoms with Gasteiger partial charge in [0.2, 0.25) is 5.91 Å². The summed E-state index contributed by atoms with van der Waals surface area (Å²) in [7, 11) is 2.09. The quantitative estimate of drug-likeness (QED) is 0.684. The number of hydrogen-bond donors (Lipinski definition) is 1. The van der Waals surface area contributed by atoms with Crippen molar-refractivity contribution >= 4 is 23.1 Å². The zero-order valence-corrected chi connectivity index (χ0v) is 18.0. The number of hydrogen-bond acceptors (Lipinski definition) is 6. The Balaban J connectivity index is 1.38. The first-order valence-corrected chi connectivity index (χ1v) is 11.1. The van der Waals surface area contributed by atoms with Crippen molar-refractivity contribution in [3.05, 3.63) is 42.9 Å². The summed E-state index contributed by atoms with van der Waals surface area (Å²) in [5, 5.41) is 3.37. The molecule has 2 aromatic heterocycles. The third-order valence-corrected chi connectivity index (χ3v) is 6.31. The van der Waals surface area contributed by atoms with E-state index < -0.39 is 0 Å². The second-order valence-corrected chi connectivity index (χ2v) is 8.39. The standard InChI is InChI=1S/C23H29N7O/c1-27-12-14-29(15-13-27)21(31)17-25-23-22(26-20-16-24-8-11-30(20)23)18-4-6-19(7-5-18)28-9-2-3-10-28/h4-8,11,16,25H,2-3,9-10,12-15,17H2,1H3. The van der Waals surface area contributed by atoms with Crippen molar-refractivity contribution in [3.8, 4) is 11.3 Å². The van der Waals surface area contributed by atoms with Gasteiger partial charge in [-0.15, -0.1) is 0 Å². The molecule has 2 aliphatic rings. The molecule has 2 saturated heterocycles. The summed E-state index contributed by atoms with van der Waals surface area (Å²) in [6.45, 7) is 5.89. The van der Waals surface area contributed by atoms with Gasteiger partial charge in [0.1, 0.15) is 11.5 Å². The van der Waals surface area contributed by atoms with Gasteiger partial charge in [-0.2, -0.15) is 0 Å². The molecule has 5 rings (SSSR count). The number of carbonyl (C=O) groups is 1. The molecule has 0 atom stereocenters. The monoisotopic (exact) mass is 419 g/mol. The number of nitrogens with zero attached hydrogens (tertiary/aromatic N) is 6. The molecule has 2 fully saturated rings. The Morgan fingerprint density at radius 2 is 1.77 bits per heavy atom. The molecule has 0 unspecified atom stereocenters. The number of anilines is 2. The molecule has 1 aromatic carbocycles. The smallest absolute Gasteiger partial charge is 0.242 e. The number of fused-ring (bicyclic) bond motifs is 1. The maximum atomic E-state index is 12.8. The maximum absolute atomic E-state index is 12.8. The first-order chi connectivity index (χ1) is 15.2. The van der Waals surface area contributed by atoms with Crippen LogP contribution in [0.3, 0.4) is 0 Å². The van der Waals surface area contributed by atoms with Crippen molar-refractivity contribution in [3.63, 3.8) is 0 Å². The number of rotatable bonds is 5. The van der Waals surface area contributed by atoms with Gasteiger partial charge in [-0.05, 0) is 32.0 Å². The third-order valence-electron chi connectivity index (χ3n) is 6.31. The molecule has 0 spiro atoms. The molecule has 8 heteroatoms. The Bertz CT molecular complexity index is 1050. The molecule has 31 heavy (non-hydrogen) atoms. The predicted octanol–water partition coefficient (Wildman–Crippen LogP) is 2.18. The fourth-order valence-corrected chi connectivity index (χ4v) is 4.41. The van der Waals surface area contributed by atoms with Crippen LogP contribution in [0, 0.1) is 0 Å². The van der Waals surface area contributed by atoms with Crippen LogP contribution in [0.15, 0.2) is 42.9 Å². The molecular formula is C23H29N7O. The number of carbonyl (C=O) groups excluding carboxylic acids is 1. The van der Waals surface area contributed by atoms with Crippen LogP contribution in [0.25, 0.3) is 16.9 Å². The van der Waals surface area contributed by atoms with E-state index in [4.69, 9.17) is 4.98 Å². The van der Waals surface area contributed by atoms with Crippen molar-refractivity contribution in [2.45, 2.75) is 12.8 Å². The summed E-state index contributed by atoms with van der Waals surface area (Å²) in [4.78, 5) is 28.4. The molecule has 4 heterocycles. The van der Waals surface area contributed by atoms with Gasteiger partial charge in [0.25, 0.3) is 0 Å². The summed E-state index contributed by atoms with van der Waals surface area (Å²) in [5.74, 6) is 0.946. The Morgan fingerprint density at radius 1 is 1.03 bits per heavy atom. The van der Waals surface area contributed by atoms with E-state index in [-0.39, 0.29) is 12.5 Å². The zero-order valence-electron chi connectivity index (χ0n) is 18.0. The van der Waals surface area contributed by atoms with Crippen molar-refractivity contribution < 1.29 is 4.79 Å². The van der Waals surface area contributed by atoms with Crippen LogP contribution in [0.1, 0.15) is 12.8 Å². The van der Waals surface area contributed by atoms with E-state index >= 15 is 0 Å². The number of likely N-dealkylation sites (N-methyl/N-ethyl adjacent to an activating group) is 1. The van der Waals surface area contributed by atoms with Gasteiger partial charge in [0, 0.05) is 62.9 Å². The van der Waals surface area contributed by atoms with E-state index in [9.17, 15) is 4.79 Å². The van der Waals surface area contributed by atoms with Crippen LogP contribution >= 0.6 is 0 Å². The minimum atomic E-state index is 0.118. The first kappa shape index (κ1) is 19.8. The van der Waals surface area contributed by atoms with Crippen molar-refractivity contribution in [1.82, 2.24) is 24.2 Å². The number of imidazole rings is 1. The first-order valence-electron chi connectivity index (χ1n) is 11.1. The SMILES string of the molecule is CN1CCN(C(=O)CNc2c(-c3ccc(N4CCCC4)cc3)nc3cnccn23)CC1. The Labute approximate surface area is 182 Å². The Kier molecular flexibility index (Phi) is 5.46. The molecule has 2 aliphatic heterocycles. The highest BCUT2D eigenvalue weighted by Crippen LogP contribution is 2.30. The summed E-state index contributed by atoms with van der Waals surface area (Å²) in [5.41, 5.74) is 3.88. The van der Waals surface area contributed by atoms with Crippen LogP contribution in [0.2, 0.25) is 0 Å². The molecule has 3 aromatic rings. The van der Waals surface area contributed by atoms with Crippen molar-refractivity contribution in [2.24, 2.45) is 0 Å². The highest BCUT2D eigenvalue weighted by Gasteiger charge is 2.21. The average Bonchev–Trinajstić information content (AvgIpc) is 3.46. The van der Waals surface area contributed by atoms with Crippen LogP contribution < -0.4 is 10.2 Å². The lowest BCUT2D eigenvalue weighted by Crippen LogP contribution is -2.48. The molecule has 0 radical (unpaired) electrons. The fraction of sp³-hybridized carbons (Fsp3) is 0.435. The highest BCUT2D eigenvalue weighted by atomic mass is 16.2. The minimum absolute atomic E-state index is 0.118. The van der Waals surface area contributed by atoms with Crippen molar-refractivity contribution in [2.75, 3.05) is 63.1 Å². The van der Waals surface area contributed by atoms with E-state index in [0.29, 0.717) is 0 Å². The van der Waals surface area contributed by atoms with Gasteiger partial charge in [0.05, 0.1) is 12.7 Å².